The normalized spacial score (nSPS) is 12.0. The van der Waals surface area contributed by atoms with Crippen molar-refractivity contribution in [2.45, 2.75) is 39.9 Å². The molecule has 6 nitrogen and oxygen atoms in total. The van der Waals surface area contributed by atoms with Crippen molar-refractivity contribution in [1.29, 1.82) is 0 Å². The topological polar surface area (TPSA) is 75.0 Å². The molecule has 0 aliphatic heterocycles. The molecule has 1 heterocycles. The van der Waals surface area contributed by atoms with E-state index >= 15 is 0 Å². The predicted molar refractivity (Wildman–Crippen MR) is 108 cm³/mol. The van der Waals surface area contributed by atoms with Crippen molar-refractivity contribution in [3.63, 3.8) is 0 Å². The Bertz CT molecular complexity index is 1000. The minimum absolute atomic E-state index is 0.247. The first kappa shape index (κ1) is 20.5. The van der Waals surface area contributed by atoms with Crippen LogP contribution in [0.25, 0.3) is 11.0 Å². The number of carbonyl (C=O) groups excluding carboxylic acids is 2. The molecule has 0 saturated carbocycles. The number of hydrogen-bond acceptors (Lipinski definition) is 6. The van der Waals surface area contributed by atoms with Crippen LogP contribution in [0.5, 0.6) is 5.75 Å². The van der Waals surface area contributed by atoms with Gasteiger partial charge in [-0.3, -0.25) is 0 Å². The number of aryl methyl sites for hydroxylation is 1. The number of rotatable bonds is 7. The minimum atomic E-state index is -0.923. The van der Waals surface area contributed by atoms with Crippen LogP contribution in [0.3, 0.4) is 0 Å². The lowest BCUT2D eigenvalue weighted by atomic mass is 10.1. The molecule has 0 aliphatic rings. The van der Waals surface area contributed by atoms with E-state index < -0.39 is 18.0 Å². The average Bonchev–Trinajstić information content (AvgIpc) is 3.01. The molecule has 0 unspecified atom stereocenters. The molecule has 3 rings (SSSR count). The number of fused-ring (bicyclic) bond motifs is 1. The average molecular weight is 396 g/mol. The monoisotopic (exact) mass is 396 g/mol. The maximum atomic E-state index is 12.5. The Morgan fingerprint density at radius 1 is 1.07 bits per heavy atom. The maximum absolute atomic E-state index is 12.5. The van der Waals surface area contributed by atoms with Gasteiger partial charge in [0, 0.05) is 10.9 Å². The number of esters is 2. The Balaban J connectivity index is 1.98. The first-order valence-corrected chi connectivity index (χ1v) is 9.53. The lowest BCUT2D eigenvalue weighted by Gasteiger charge is -2.18. The van der Waals surface area contributed by atoms with Crippen molar-refractivity contribution in [3.05, 3.63) is 65.4 Å². The number of benzene rings is 2. The summed E-state index contributed by atoms with van der Waals surface area (Å²) < 4.78 is 22.2. The van der Waals surface area contributed by atoms with Gasteiger partial charge in [0.15, 0.2) is 0 Å². The van der Waals surface area contributed by atoms with Crippen molar-refractivity contribution >= 4 is 22.9 Å². The number of hydrogen-bond donors (Lipinski definition) is 0. The molecular weight excluding hydrogens is 372 g/mol. The Morgan fingerprint density at radius 2 is 1.79 bits per heavy atom. The van der Waals surface area contributed by atoms with Gasteiger partial charge in [-0.05, 0) is 45.9 Å². The van der Waals surface area contributed by atoms with E-state index in [-0.39, 0.29) is 12.7 Å². The fraction of sp³-hybridized carbons (Fsp3) is 0.304. The summed E-state index contributed by atoms with van der Waals surface area (Å²) in [5.41, 5.74) is 1.57. The van der Waals surface area contributed by atoms with Crippen molar-refractivity contribution in [3.8, 4) is 5.75 Å². The van der Waals surface area contributed by atoms with Gasteiger partial charge in [0.05, 0.1) is 12.7 Å². The third-order valence-electron chi connectivity index (χ3n) is 4.24. The van der Waals surface area contributed by atoms with Gasteiger partial charge < -0.3 is 18.6 Å². The van der Waals surface area contributed by atoms with Crippen molar-refractivity contribution in [1.82, 2.24) is 0 Å². The van der Waals surface area contributed by atoms with Gasteiger partial charge >= 0.3 is 11.9 Å². The van der Waals surface area contributed by atoms with Crippen LogP contribution in [-0.2, 0) is 14.3 Å². The molecule has 0 aliphatic carbocycles. The zero-order valence-electron chi connectivity index (χ0n) is 16.9. The van der Waals surface area contributed by atoms with Crippen molar-refractivity contribution < 1.29 is 28.2 Å². The first-order valence-electron chi connectivity index (χ1n) is 9.53. The molecule has 0 fully saturated rings. The molecule has 2 aromatic carbocycles. The van der Waals surface area contributed by atoms with E-state index in [4.69, 9.17) is 18.6 Å². The van der Waals surface area contributed by atoms with Crippen LogP contribution in [0.4, 0.5) is 0 Å². The molecule has 1 aromatic heterocycles. The minimum Gasteiger partial charge on any atom is -0.474 e. The maximum Gasteiger partial charge on any atom is 0.352 e. The first-order chi connectivity index (χ1) is 13.9. The van der Waals surface area contributed by atoms with E-state index in [2.05, 4.69) is 0 Å². The van der Waals surface area contributed by atoms with Crippen molar-refractivity contribution in [2.24, 2.45) is 0 Å². The summed E-state index contributed by atoms with van der Waals surface area (Å²) in [6.07, 6.45) is -1.18. The molecule has 0 spiro atoms. The largest absolute Gasteiger partial charge is 0.474 e. The molecule has 1 atom stereocenters. The number of furan rings is 1. The van der Waals surface area contributed by atoms with E-state index in [9.17, 15) is 9.59 Å². The van der Waals surface area contributed by atoms with Crippen LogP contribution >= 0.6 is 0 Å². The van der Waals surface area contributed by atoms with Gasteiger partial charge in [-0.25, -0.2) is 9.59 Å². The van der Waals surface area contributed by atoms with Gasteiger partial charge in [0.2, 0.25) is 6.10 Å². The van der Waals surface area contributed by atoms with Crippen LogP contribution in [0.1, 0.15) is 48.6 Å². The second-order valence-corrected chi connectivity index (χ2v) is 6.81. The van der Waals surface area contributed by atoms with Gasteiger partial charge in [-0.2, -0.15) is 0 Å². The Morgan fingerprint density at radius 3 is 2.45 bits per heavy atom. The SMILES string of the molecule is CCOC(=O)[C@@H](Oc1ccc2oc(C)c(C(=O)OC(C)C)c2c1)c1ccccc1. The molecule has 152 valence electrons. The fourth-order valence-electron chi connectivity index (χ4n) is 3.03. The Labute approximate surface area is 169 Å². The summed E-state index contributed by atoms with van der Waals surface area (Å²) >= 11 is 0. The van der Waals surface area contributed by atoms with Gasteiger partial charge in [-0.1, -0.05) is 30.3 Å². The van der Waals surface area contributed by atoms with E-state index in [0.717, 1.165) is 0 Å². The highest BCUT2D eigenvalue weighted by Crippen LogP contribution is 2.32. The van der Waals surface area contributed by atoms with E-state index in [1.807, 2.05) is 18.2 Å². The highest BCUT2D eigenvalue weighted by molar-refractivity contribution is 6.05. The van der Waals surface area contributed by atoms with Gasteiger partial charge in [0.25, 0.3) is 0 Å². The second kappa shape index (κ2) is 8.82. The molecular formula is C23H24O6. The van der Waals surface area contributed by atoms with Gasteiger partial charge in [-0.15, -0.1) is 0 Å². The van der Waals surface area contributed by atoms with E-state index in [1.54, 1.807) is 58.0 Å². The number of ether oxygens (including phenoxy) is 3. The van der Waals surface area contributed by atoms with Crippen LogP contribution in [-0.4, -0.2) is 24.6 Å². The lowest BCUT2D eigenvalue weighted by molar-refractivity contribution is -0.151. The quantitative estimate of drug-likeness (QED) is 0.524. The second-order valence-electron chi connectivity index (χ2n) is 6.81. The third kappa shape index (κ3) is 4.59. The molecule has 6 heteroatoms. The van der Waals surface area contributed by atoms with E-state index in [1.165, 1.54) is 0 Å². The molecule has 0 saturated heterocycles. The fourth-order valence-corrected chi connectivity index (χ4v) is 3.03. The lowest BCUT2D eigenvalue weighted by Crippen LogP contribution is -2.21. The summed E-state index contributed by atoms with van der Waals surface area (Å²) in [5, 5.41) is 0.571. The van der Waals surface area contributed by atoms with Crippen molar-refractivity contribution in [2.75, 3.05) is 6.61 Å². The van der Waals surface area contributed by atoms with Gasteiger partial charge in [0.1, 0.15) is 22.7 Å². The summed E-state index contributed by atoms with van der Waals surface area (Å²) in [4.78, 5) is 25.0. The number of carbonyl (C=O) groups is 2. The molecule has 0 N–H and O–H groups in total. The zero-order chi connectivity index (χ0) is 21.0. The summed E-state index contributed by atoms with van der Waals surface area (Å²) in [6.45, 7) is 7.27. The van der Waals surface area contributed by atoms with Crippen LogP contribution in [0, 0.1) is 6.92 Å². The van der Waals surface area contributed by atoms with Crippen LogP contribution in [0.2, 0.25) is 0 Å². The zero-order valence-corrected chi connectivity index (χ0v) is 16.9. The highest BCUT2D eigenvalue weighted by atomic mass is 16.6. The highest BCUT2D eigenvalue weighted by Gasteiger charge is 2.26. The van der Waals surface area contributed by atoms with E-state index in [0.29, 0.717) is 33.6 Å². The third-order valence-corrected chi connectivity index (χ3v) is 4.24. The predicted octanol–water partition coefficient (Wildman–Crippen LogP) is 4.99. The Hall–Kier alpha value is -3.28. The smallest absolute Gasteiger partial charge is 0.352 e. The summed E-state index contributed by atoms with van der Waals surface area (Å²) in [7, 11) is 0. The molecule has 0 radical (unpaired) electrons. The van der Waals surface area contributed by atoms with Crippen LogP contribution in [0.15, 0.2) is 52.9 Å². The molecule has 0 bridgehead atoms. The summed E-state index contributed by atoms with van der Waals surface area (Å²) in [6, 6.07) is 14.2. The Kier molecular flexibility index (Phi) is 6.22. The standard InChI is InChI=1S/C23H24O6/c1-5-26-23(25)21(16-9-7-6-8-10-16)29-17-11-12-19-18(13-17)20(15(4)28-19)22(24)27-14(2)3/h6-14,21H,5H2,1-4H3/t21-/m0/s1. The molecule has 29 heavy (non-hydrogen) atoms. The molecule has 3 aromatic rings. The van der Waals surface area contributed by atoms with Crippen LogP contribution < -0.4 is 4.74 Å². The summed E-state index contributed by atoms with van der Waals surface area (Å²) in [5.74, 6) is -0.0633. The molecule has 0 amide bonds.